The quantitative estimate of drug-likeness (QED) is 0.348. The number of carbonyl (C=O) groups is 2. The van der Waals surface area contributed by atoms with E-state index >= 15 is 0 Å². The maximum absolute atomic E-state index is 13.9. The molecule has 1 saturated heterocycles. The van der Waals surface area contributed by atoms with Crippen LogP contribution in [0.4, 0.5) is 17.3 Å². The molecule has 1 aromatic carbocycles. The maximum Gasteiger partial charge on any atom is 0.293 e. The number of piperazine rings is 1. The van der Waals surface area contributed by atoms with Crippen LogP contribution in [-0.2, 0) is 37.6 Å². The summed E-state index contributed by atoms with van der Waals surface area (Å²) in [5.74, 6) is 0.882. The second-order valence-corrected chi connectivity index (χ2v) is 12.6. The molecule has 11 nitrogen and oxygen atoms in total. The van der Waals surface area contributed by atoms with Gasteiger partial charge in [-0.15, -0.1) is 0 Å². The van der Waals surface area contributed by atoms with Gasteiger partial charge < -0.3 is 19.4 Å². The molecule has 0 radical (unpaired) electrons. The number of benzene rings is 1. The average Bonchev–Trinajstić information content (AvgIpc) is 3.45. The van der Waals surface area contributed by atoms with Crippen LogP contribution in [0.3, 0.4) is 0 Å². The van der Waals surface area contributed by atoms with Gasteiger partial charge in [-0.05, 0) is 74.5 Å². The lowest BCUT2D eigenvalue weighted by Crippen LogP contribution is -2.48. The second kappa shape index (κ2) is 11.9. The van der Waals surface area contributed by atoms with E-state index in [4.69, 9.17) is 9.97 Å². The molecular formula is C35H40N8O3. The van der Waals surface area contributed by atoms with E-state index in [0.29, 0.717) is 36.7 Å². The molecule has 1 atom stereocenters. The minimum absolute atomic E-state index is 0.0213. The molecule has 11 heteroatoms. The van der Waals surface area contributed by atoms with Crippen LogP contribution in [-0.4, -0.2) is 74.4 Å². The van der Waals surface area contributed by atoms with Crippen molar-refractivity contribution >= 4 is 29.1 Å². The Morgan fingerprint density at radius 2 is 1.72 bits per heavy atom. The Morgan fingerprint density at radius 3 is 2.50 bits per heavy atom. The molecule has 0 unspecified atom stereocenters. The van der Waals surface area contributed by atoms with E-state index in [9.17, 15) is 14.4 Å². The maximum atomic E-state index is 13.9. The number of fused-ring (bicyclic) bond motifs is 3. The zero-order valence-electron chi connectivity index (χ0n) is 26.9. The highest BCUT2D eigenvalue weighted by atomic mass is 16.2. The van der Waals surface area contributed by atoms with Crippen molar-refractivity contribution < 1.29 is 9.59 Å². The van der Waals surface area contributed by atoms with Crippen molar-refractivity contribution in [2.45, 2.75) is 51.6 Å². The molecule has 5 heterocycles. The van der Waals surface area contributed by atoms with Gasteiger partial charge in [0.25, 0.3) is 11.5 Å². The lowest BCUT2D eigenvalue weighted by molar-refractivity contribution is -0.139. The summed E-state index contributed by atoms with van der Waals surface area (Å²) in [6.07, 6.45) is 8.49. The molecule has 2 amide bonds. The Labute approximate surface area is 268 Å². The zero-order valence-corrected chi connectivity index (χ0v) is 26.9. The van der Waals surface area contributed by atoms with Gasteiger partial charge in [0.15, 0.2) is 5.82 Å². The van der Waals surface area contributed by atoms with Crippen LogP contribution in [0.5, 0.6) is 0 Å². The van der Waals surface area contributed by atoms with Gasteiger partial charge >= 0.3 is 0 Å². The van der Waals surface area contributed by atoms with E-state index in [-0.39, 0.29) is 29.2 Å². The number of rotatable bonds is 6. The third kappa shape index (κ3) is 5.08. The highest BCUT2D eigenvalue weighted by molar-refractivity contribution is 6.06. The fraction of sp³-hybridized carbons (Fsp3) is 0.400. The van der Waals surface area contributed by atoms with E-state index in [0.717, 1.165) is 48.3 Å². The summed E-state index contributed by atoms with van der Waals surface area (Å²) in [6, 6.07) is 11.2. The molecule has 3 aromatic heterocycles. The summed E-state index contributed by atoms with van der Waals surface area (Å²) in [7, 11) is 5.50. The molecule has 4 aromatic rings. The van der Waals surface area contributed by atoms with Crippen LogP contribution >= 0.6 is 0 Å². The first-order chi connectivity index (χ1) is 22.2. The van der Waals surface area contributed by atoms with Gasteiger partial charge in [0.05, 0.1) is 5.69 Å². The predicted octanol–water partition coefficient (Wildman–Crippen LogP) is 3.93. The fourth-order valence-electron chi connectivity index (χ4n) is 7.19. The molecule has 3 aliphatic rings. The minimum atomic E-state index is -0.336. The molecule has 1 fully saturated rings. The first-order valence-corrected chi connectivity index (χ1v) is 16.2. The largest absolute Gasteiger partial charge is 0.343 e. The summed E-state index contributed by atoms with van der Waals surface area (Å²) in [6.45, 7) is 4.86. The van der Waals surface area contributed by atoms with Crippen molar-refractivity contribution in [1.82, 2.24) is 28.9 Å². The molecule has 0 saturated carbocycles. The predicted molar refractivity (Wildman–Crippen MR) is 178 cm³/mol. The highest BCUT2D eigenvalue weighted by Crippen LogP contribution is 2.34. The topological polar surface area (TPSA) is 109 Å². The summed E-state index contributed by atoms with van der Waals surface area (Å²) in [5, 5.41) is 3.21. The lowest BCUT2D eigenvalue weighted by Gasteiger charge is -2.37. The number of carbonyl (C=O) groups excluding carboxylic acids is 2. The highest BCUT2D eigenvalue weighted by Gasteiger charge is 2.33. The van der Waals surface area contributed by atoms with Gasteiger partial charge in [-0.1, -0.05) is 19.1 Å². The number of pyridine rings is 1. The van der Waals surface area contributed by atoms with Crippen molar-refractivity contribution in [3.63, 3.8) is 0 Å². The van der Waals surface area contributed by atoms with E-state index < -0.39 is 0 Å². The summed E-state index contributed by atoms with van der Waals surface area (Å²) in [4.78, 5) is 55.0. The number of aromatic nitrogens is 4. The number of hydrogen-bond acceptors (Lipinski definition) is 7. The number of amides is 2. The molecule has 1 aliphatic carbocycles. The lowest BCUT2D eigenvalue weighted by atomic mass is 9.98. The second-order valence-electron chi connectivity index (χ2n) is 12.6. The Kier molecular flexibility index (Phi) is 7.72. The molecule has 0 spiro atoms. The van der Waals surface area contributed by atoms with Gasteiger partial charge in [0, 0.05) is 75.2 Å². The van der Waals surface area contributed by atoms with Crippen LogP contribution < -0.4 is 15.8 Å². The monoisotopic (exact) mass is 620 g/mol. The Morgan fingerprint density at radius 1 is 0.935 bits per heavy atom. The third-order valence-electron chi connectivity index (χ3n) is 9.74. The number of anilines is 3. The molecule has 7 rings (SSSR count). The van der Waals surface area contributed by atoms with Crippen molar-refractivity contribution in [3.05, 3.63) is 87.2 Å². The normalized spacial score (nSPS) is 18.5. The molecule has 0 bridgehead atoms. The van der Waals surface area contributed by atoms with E-state index in [1.165, 1.54) is 28.7 Å². The van der Waals surface area contributed by atoms with Crippen molar-refractivity contribution in [2.24, 2.45) is 7.05 Å². The van der Waals surface area contributed by atoms with E-state index in [2.05, 4.69) is 27.8 Å². The molecule has 1 N–H and O–H groups in total. The first kappa shape index (κ1) is 29.9. The SMILES string of the molecule is CCc1c(-c2cn(C)c(=O)c(Nc3ccc([C@@H]4C(=O)N(C)CCN4C)cc3)n2)ccnc1N1CCn2c(cc3c2CCCC3)C1=O. The molecule has 2 aliphatic heterocycles. The van der Waals surface area contributed by atoms with Crippen molar-refractivity contribution in [1.29, 1.82) is 0 Å². The van der Waals surface area contributed by atoms with Gasteiger partial charge in [-0.25, -0.2) is 9.97 Å². The van der Waals surface area contributed by atoms with Crippen LogP contribution in [0.1, 0.15) is 58.7 Å². The summed E-state index contributed by atoms with van der Waals surface area (Å²) in [5.41, 5.74) is 7.06. The van der Waals surface area contributed by atoms with Crippen molar-refractivity contribution in [3.8, 4) is 11.3 Å². The van der Waals surface area contributed by atoms with Crippen molar-refractivity contribution in [2.75, 3.05) is 43.9 Å². The van der Waals surface area contributed by atoms with E-state index in [1.807, 2.05) is 44.4 Å². The third-order valence-corrected chi connectivity index (χ3v) is 9.74. The number of nitrogens with one attached hydrogen (secondary N) is 1. The molecular weight excluding hydrogens is 580 g/mol. The fourth-order valence-corrected chi connectivity index (χ4v) is 7.19. The number of hydrogen-bond donors (Lipinski definition) is 1. The van der Waals surface area contributed by atoms with Gasteiger partial charge in [0.2, 0.25) is 5.91 Å². The number of nitrogens with zero attached hydrogens (tertiary/aromatic N) is 7. The standard InChI is InChI=1S/C35H40N8O3/c1-5-25-26(14-15-36-32(25)43-19-18-42-28-9-7-6-8-23(28)20-29(42)33(43)44)27-21-41(4)35(46)31(38-27)37-24-12-10-22(11-13-24)30-34(45)40(3)17-16-39(30)2/h10-15,20-21,30H,5-9,16-19H2,1-4H3,(H,37,38)/t30-/m1/s1. The van der Waals surface area contributed by atoms with Crippen LogP contribution in [0.2, 0.25) is 0 Å². The van der Waals surface area contributed by atoms with Gasteiger partial charge in [-0.2, -0.15) is 0 Å². The Hall–Kier alpha value is -4.77. The number of aryl methyl sites for hydroxylation is 2. The smallest absolute Gasteiger partial charge is 0.293 e. The molecule has 46 heavy (non-hydrogen) atoms. The first-order valence-electron chi connectivity index (χ1n) is 16.2. The Bertz CT molecular complexity index is 1890. The summed E-state index contributed by atoms with van der Waals surface area (Å²) < 4.78 is 3.74. The average molecular weight is 621 g/mol. The van der Waals surface area contributed by atoms with Gasteiger partial charge in [0.1, 0.15) is 17.6 Å². The number of likely N-dealkylation sites (N-methyl/N-ethyl adjacent to an activating group) is 2. The summed E-state index contributed by atoms with van der Waals surface area (Å²) >= 11 is 0. The van der Waals surface area contributed by atoms with Crippen LogP contribution in [0.25, 0.3) is 11.3 Å². The van der Waals surface area contributed by atoms with Gasteiger partial charge in [-0.3, -0.25) is 24.2 Å². The minimum Gasteiger partial charge on any atom is -0.343 e. The Balaban J connectivity index is 1.19. The van der Waals surface area contributed by atoms with Crippen LogP contribution in [0, 0.1) is 0 Å². The zero-order chi connectivity index (χ0) is 32.1. The van der Waals surface area contributed by atoms with E-state index in [1.54, 1.807) is 29.2 Å². The van der Waals surface area contributed by atoms with Crippen LogP contribution in [0.15, 0.2) is 53.6 Å². The molecule has 238 valence electrons.